The predicted molar refractivity (Wildman–Crippen MR) is 100 cm³/mol. The number of carbonyl (C=O) groups is 1. The van der Waals surface area contributed by atoms with Crippen LogP contribution in [0.4, 0.5) is 0 Å². The van der Waals surface area contributed by atoms with Crippen LogP contribution in [-0.2, 0) is 23.1 Å². The molecule has 1 aromatic carbocycles. The van der Waals surface area contributed by atoms with Crippen LogP contribution < -0.4 is 10.0 Å². The average Bonchev–Trinajstić information content (AvgIpc) is 2.72. The number of nitrogens with zero attached hydrogens (tertiary/aromatic N) is 2. The molecule has 7 nitrogen and oxygen atoms in total. The van der Waals surface area contributed by atoms with Gasteiger partial charge in [0.05, 0.1) is 4.90 Å². The molecule has 2 N–H and O–H groups in total. The average molecular weight is 382 g/mol. The van der Waals surface area contributed by atoms with Gasteiger partial charge in [-0.05, 0) is 47.5 Å². The highest BCUT2D eigenvalue weighted by molar-refractivity contribution is 7.89. The Kier molecular flexibility index (Phi) is 5.90. The van der Waals surface area contributed by atoms with Gasteiger partial charge in [0.2, 0.25) is 10.0 Å². The number of rotatable bonds is 7. The number of aromatic nitrogens is 2. The van der Waals surface area contributed by atoms with Crippen molar-refractivity contribution in [2.45, 2.75) is 18.0 Å². The number of sulfonamides is 1. The summed E-state index contributed by atoms with van der Waals surface area (Å²) in [6, 6.07) is 13.0. The normalized spacial score (nSPS) is 11.1. The van der Waals surface area contributed by atoms with E-state index in [1.54, 1.807) is 61.2 Å². The number of pyridine rings is 2. The summed E-state index contributed by atoms with van der Waals surface area (Å²) in [5, 5.41) is 2.76. The van der Waals surface area contributed by atoms with Crippen molar-refractivity contribution in [3.63, 3.8) is 0 Å². The van der Waals surface area contributed by atoms with Gasteiger partial charge in [0.15, 0.2) is 0 Å². The topological polar surface area (TPSA) is 101 Å². The van der Waals surface area contributed by atoms with E-state index in [0.29, 0.717) is 6.54 Å². The number of nitrogens with one attached hydrogen (secondary N) is 2. The van der Waals surface area contributed by atoms with E-state index in [-0.39, 0.29) is 22.9 Å². The van der Waals surface area contributed by atoms with Crippen LogP contribution in [0.5, 0.6) is 0 Å². The van der Waals surface area contributed by atoms with Gasteiger partial charge >= 0.3 is 0 Å². The van der Waals surface area contributed by atoms with Crippen molar-refractivity contribution in [1.82, 2.24) is 20.0 Å². The molecule has 1 amide bonds. The minimum absolute atomic E-state index is 0.0305. The molecular formula is C19H18N4O3S. The van der Waals surface area contributed by atoms with E-state index in [4.69, 9.17) is 0 Å². The van der Waals surface area contributed by atoms with Gasteiger partial charge in [-0.25, -0.2) is 13.1 Å². The first-order valence-corrected chi connectivity index (χ1v) is 9.69. The summed E-state index contributed by atoms with van der Waals surface area (Å²) in [6.07, 6.45) is 6.49. The van der Waals surface area contributed by atoms with E-state index >= 15 is 0 Å². The van der Waals surface area contributed by atoms with Crippen LogP contribution in [0.25, 0.3) is 0 Å². The molecule has 0 atom stereocenters. The van der Waals surface area contributed by atoms with E-state index in [1.165, 1.54) is 12.1 Å². The standard InChI is InChI=1S/C19H18N4O3S/c24-19(22-13-15-6-9-20-10-7-15)17-4-1-5-18(11-17)27(25,26)23-14-16-3-2-8-21-12-16/h1-12,23H,13-14H2,(H,22,24). The van der Waals surface area contributed by atoms with Gasteiger partial charge < -0.3 is 5.32 Å². The number of amides is 1. The molecule has 27 heavy (non-hydrogen) atoms. The third-order valence-electron chi connectivity index (χ3n) is 3.80. The fourth-order valence-corrected chi connectivity index (χ4v) is 3.42. The summed E-state index contributed by atoms with van der Waals surface area (Å²) >= 11 is 0. The zero-order valence-electron chi connectivity index (χ0n) is 14.4. The SMILES string of the molecule is O=C(NCc1ccncc1)c1cccc(S(=O)(=O)NCc2cccnc2)c1. The van der Waals surface area contributed by atoms with Crippen molar-refractivity contribution < 1.29 is 13.2 Å². The zero-order valence-corrected chi connectivity index (χ0v) is 15.2. The van der Waals surface area contributed by atoms with Gasteiger partial charge in [0.25, 0.3) is 5.91 Å². The van der Waals surface area contributed by atoms with E-state index in [2.05, 4.69) is 20.0 Å². The highest BCUT2D eigenvalue weighted by Crippen LogP contribution is 2.12. The Morgan fingerprint density at radius 3 is 2.44 bits per heavy atom. The summed E-state index contributed by atoms with van der Waals surface area (Å²) < 4.78 is 27.5. The summed E-state index contributed by atoms with van der Waals surface area (Å²) in [5.41, 5.74) is 1.92. The first kappa shape index (κ1) is 18.7. The van der Waals surface area contributed by atoms with E-state index in [0.717, 1.165) is 11.1 Å². The number of hydrogen-bond acceptors (Lipinski definition) is 5. The van der Waals surface area contributed by atoms with Gasteiger partial charge in [-0.15, -0.1) is 0 Å². The van der Waals surface area contributed by atoms with Crippen LogP contribution in [0.2, 0.25) is 0 Å². The molecule has 0 radical (unpaired) electrons. The van der Waals surface area contributed by atoms with Gasteiger partial charge in [-0.1, -0.05) is 12.1 Å². The van der Waals surface area contributed by atoms with Gasteiger partial charge in [0.1, 0.15) is 0 Å². The van der Waals surface area contributed by atoms with E-state index in [1.807, 2.05) is 0 Å². The Morgan fingerprint density at radius 2 is 1.70 bits per heavy atom. The second-order valence-corrected chi connectivity index (χ2v) is 7.52. The summed E-state index contributed by atoms with van der Waals surface area (Å²) in [5.74, 6) is -0.351. The molecule has 0 aliphatic carbocycles. The smallest absolute Gasteiger partial charge is 0.251 e. The van der Waals surface area contributed by atoms with Gasteiger partial charge in [-0.3, -0.25) is 14.8 Å². The van der Waals surface area contributed by atoms with Crippen molar-refractivity contribution >= 4 is 15.9 Å². The molecule has 0 fully saturated rings. The lowest BCUT2D eigenvalue weighted by Crippen LogP contribution is -2.25. The Hall–Kier alpha value is -3.10. The third-order valence-corrected chi connectivity index (χ3v) is 5.20. The van der Waals surface area contributed by atoms with Crippen molar-refractivity contribution in [2.24, 2.45) is 0 Å². The lowest BCUT2D eigenvalue weighted by molar-refractivity contribution is 0.0950. The van der Waals surface area contributed by atoms with E-state index in [9.17, 15) is 13.2 Å². The maximum absolute atomic E-state index is 12.5. The molecule has 0 bridgehead atoms. The number of carbonyl (C=O) groups excluding carboxylic acids is 1. The van der Waals surface area contributed by atoms with Crippen LogP contribution in [-0.4, -0.2) is 24.3 Å². The predicted octanol–water partition coefficient (Wildman–Crippen LogP) is 1.89. The van der Waals surface area contributed by atoms with Crippen LogP contribution in [0.3, 0.4) is 0 Å². The molecule has 0 aliphatic heterocycles. The molecule has 3 rings (SSSR count). The molecule has 0 unspecified atom stereocenters. The molecule has 0 spiro atoms. The van der Waals surface area contributed by atoms with Crippen LogP contribution >= 0.6 is 0 Å². The van der Waals surface area contributed by atoms with Crippen molar-refractivity contribution in [3.8, 4) is 0 Å². The Bertz CT molecular complexity index is 1010. The molecule has 2 heterocycles. The van der Waals surface area contributed by atoms with Gasteiger partial charge in [0, 0.05) is 43.4 Å². The summed E-state index contributed by atoms with van der Waals surface area (Å²) in [6.45, 7) is 0.451. The Morgan fingerprint density at radius 1 is 0.889 bits per heavy atom. The largest absolute Gasteiger partial charge is 0.348 e. The molecule has 3 aromatic rings. The maximum Gasteiger partial charge on any atom is 0.251 e. The minimum atomic E-state index is -3.75. The molecule has 0 aliphatic rings. The maximum atomic E-state index is 12.5. The second-order valence-electron chi connectivity index (χ2n) is 5.75. The van der Waals surface area contributed by atoms with E-state index < -0.39 is 10.0 Å². The minimum Gasteiger partial charge on any atom is -0.348 e. The molecule has 8 heteroatoms. The summed E-state index contributed by atoms with van der Waals surface area (Å²) in [7, 11) is -3.75. The second kappa shape index (κ2) is 8.52. The van der Waals surface area contributed by atoms with Crippen molar-refractivity contribution in [1.29, 1.82) is 0 Å². The van der Waals surface area contributed by atoms with Crippen molar-refractivity contribution in [3.05, 3.63) is 90.0 Å². The highest BCUT2D eigenvalue weighted by atomic mass is 32.2. The molecule has 0 saturated heterocycles. The zero-order chi connectivity index (χ0) is 19.1. The molecule has 2 aromatic heterocycles. The fraction of sp³-hybridized carbons (Fsp3) is 0.105. The lowest BCUT2D eigenvalue weighted by Gasteiger charge is -2.09. The summed E-state index contributed by atoms with van der Waals surface area (Å²) in [4.78, 5) is 20.2. The molecule has 0 saturated carbocycles. The third kappa shape index (κ3) is 5.19. The number of hydrogen-bond donors (Lipinski definition) is 2. The first-order chi connectivity index (χ1) is 13.0. The fourth-order valence-electron chi connectivity index (χ4n) is 2.35. The molecular weight excluding hydrogens is 364 g/mol. The van der Waals surface area contributed by atoms with Gasteiger partial charge in [-0.2, -0.15) is 0 Å². The number of benzene rings is 1. The van der Waals surface area contributed by atoms with Crippen LogP contribution in [0, 0.1) is 0 Å². The van der Waals surface area contributed by atoms with Crippen LogP contribution in [0.15, 0.2) is 78.2 Å². The highest BCUT2D eigenvalue weighted by Gasteiger charge is 2.16. The first-order valence-electron chi connectivity index (χ1n) is 8.20. The molecule has 138 valence electrons. The Labute approximate surface area is 157 Å². The van der Waals surface area contributed by atoms with Crippen LogP contribution in [0.1, 0.15) is 21.5 Å². The Balaban J connectivity index is 1.67. The quantitative estimate of drug-likeness (QED) is 0.650. The van der Waals surface area contributed by atoms with Crippen molar-refractivity contribution in [2.75, 3.05) is 0 Å². The monoisotopic (exact) mass is 382 g/mol. The lowest BCUT2D eigenvalue weighted by atomic mass is 10.2.